The number of carbonyl (C=O) groups is 4. The van der Waals surface area contributed by atoms with Crippen molar-refractivity contribution in [1.29, 1.82) is 0 Å². The summed E-state index contributed by atoms with van der Waals surface area (Å²) in [7, 11) is 0. The van der Waals surface area contributed by atoms with Crippen LogP contribution in [0.1, 0.15) is 33.6 Å². The second-order valence-corrected chi connectivity index (χ2v) is 7.68. The normalized spacial score (nSPS) is 20.2. The summed E-state index contributed by atoms with van der Waals surface area (Å²) in [6, 6.07) is 14.8. The Morgan fingerprint density at radius 2 is 1.47 bits per heavy atom. The highest BCUT2D eigenvalue weighted by atomic mass is 35.5. The molecule has 2 aromatic rings. The summed E-state index contributed by atoms with van der Waals surface area (Å²) < 4.78 is 0. The lowest BCUT2D eigenvalue weighted by Crippen LogP contribution is -2.52. The van der Waals surface area contributed by atoms with Crippen molar-refractivity contribution in [2.24, 2.45) is 11.8 Å². The second kappa shape index (κ2) is 8.24. The summed E-state index contributed by atoms with van der Waals surface area (Å²) in [5, 5.41) is 1.98. The number of allylic oxidation sites excluding steroid dienone is 2. The maximum Gasteiger partial charge on any atom is 0.274 e. The van der Waals surface area contributed by atoms with Gasteiger partial charge in [-0.3, -0.25) is 19.2 Å². The Morgan fingerprint density at radius 3 is 2.07 bits per heavy atom. The summed E-state index contributed by atoms with van der Waals surface area (Å²) in [5.74, 6) is -3.01. The van der Waals surface area contributed by atoms with E-state index in [0.717, 1.165) is 10.0 Å². The average molecular weight is 423 g/mol. The minimum Gasteiger partial charge on any atom is -0.292 e. The molecule has 30 heavy (non-hydrogen) atoms. The highest BCUT2D eigenvalue weighted by Gasteiger charge is 2.51. The zero-order valence-corrected chi connectivity index (χ0v) is 16.8. The first-order chi connectivity index (χ1) is 14.5. The summed E-state index contributed by atoms with van der Waals surface area (Å²) in [5.41, 5.74) is 0.501. The third kappa shape index (κ3) is 3.55. The number of rotatable bonds is 5. The standard InChI is InChI=1S/C23H19ClN2O4/c24-19-13-7-6-12-18(19)21(28)25(14-20(27)15-8-2-1-3-9-15)26-22(29)16-10-4-5-11-17(16)23(26)30/h1-9,12-13,16-17H,10-11,14H2/t16-,17+. The molecule has 0 N–H and O–H groups in total. The van der Waals surface area contributed by atoms with E-state index in [4.69, 9.17) is 11.6 Å². The van der Waals surface area contributed by atoms with Crippen LogP contribution in [-0.2, 0) is 9.59 Å². The van der Waals surface area contributed by atoms with Crippen LogP contribution in [0.15, 0.2) is 66.7 Å². The molecule has 0 bridgehead atoms. The summed E-state index contributed by atoms with van der Waals surface area (Å²) in [6.07, 6.45) is 4.61. The molecular formula is C23H19ClN2O4. The summed E-state index contributed by atoms with van der Waals surface area (Å²) in [6.45, 7) is -0.446. The van der Waals surface area contributed by atoms with Gasteiger partial charge in [-0.25, -0.2) is 5.01 Å². The average Bonchev–Trinajstić information content (AvgIpc) is 3.03. The van der Waals surface area contributed by atoms with Gasteiger partial charge in [0, 0.05) is 5.56 Å². The lowest BCUT2D eigenvalue weighted by Gasteiger charge is -2.30. The number of halogens is 1. The van der Waals surface area contributed by atoms with Crippen molar-refractivity contribution in [3.63, 3.8) is 0 Å². The topological polar surface area (TPSA) is 74.8 Å². The highest BCUT2D eigenvalue weighted by molar-refractivity contribution is 6.34. The van der Waals surface area contributed by atoms with Crippen LogP contribution in [0.5, 0.6) is 0 Å². The fourth-order valence-corrected chi connectivity index (χ4v) is 4.10. The van der Waals surface area contributed by atoms with E-state index in [2.05, 4.69) is 0 Å². The van der Waals surface area contributed by atoms with Crippen LogP contribution in [0.2, 0.25) is 5.02 Å². The van der Waals surface area contributed by atoms with Gasteiger partial charge in [-0.2, -0.15) is 5.01 Å². The Labute approximate surface area is 178 Å². The Balaban J connectivity index is 1.71. The quantitative estimate of drug-likeness (QED) is 0.419. The van der Waals surface area contributed by atoms with Crippen molar-refractivity contribution in [2.75, 3.05) is 6.54 Å². The van der Waals surface area contributed by atoms with E-state index in [1.165, 1.54) is 6.07 Å². The highest BCUT2D eigenvalue weighted by Crippen LogP contribution is 2.36. The summed E-state index contributed by atoms with van der Waals surface area (Å²) in [4.78, 5) is 52.3. The minimum absolute atomic E-state index is 0.119. The lowest BCUT2D eigenvalue weighted by molar-refractivity contribution is -0.154. The zero-order valence-electron chi connectivity index (χ0n) is 16.0. The number of ketones is 1. The Hall–Kier alpha value is -3.25. The number of hydrazine groups is 1. The third-order valence-corrected chi connectivity index (χ3v) is 5.78. The molecule has 0 spiro atoms. The van der Waals surface area contributed by atoms with E-state index in [0.29, 0.717) is 18.4 Å². The third-order valence-electron chi connectivity index (χ3n) is 5.45. The number of imide groups is 1. The minimum atomic E-state index is -0.668. The van der Waals surface area contributed by atoms with E-state index in [-0.39, 0.29) is 16.4 Å². The number of amides is 3. The number of carbonyl (C=O) groups excluding carboxylic acids is 4. The molecule has 1 saturated heterocycles. The maximum atomic E-state index is 13.3. The van der Waals surface area contributed by atoms with Gasteiger partial charge >= 0.3 is 0 Å². The van der Waals surface area contributed by atoms with Crippen LogP contribution in [0, 0.1) is 11.8 Å². The zero-order chi connectivity index (χ0) is 21.3. The first kappa shape index (κ1) is 20.0. The Morgan fingerprint density at radius 1 is 0.900 bits per heavy atom. The van der Waals surface area contributed by atoms with Gasteiger partial charge in [0.25, 0.3) is 17.7 Å². The predicted octanol–water partition coefficient (Wildman–Crippen LogP) is 3.53. The number of benzene rings is 2. The van der Waals surface area contributed by atoms with Crippen molar-refractivity contribution >= 4 is 35.1 Å². The lowest BCUT2D eigenvalue weighted by atomic mass is 9.85. The molecule has 2 atom stereocenters. The van der Waals surface area contributed by atoms with Crippen LogP contribution in [0.3, 0.4) is 0 Å². The molecule has 2 aliphatic rings. The predicted molar refractivity (Wildman–Crippen MR) is 110 cm³/mol. The molecule has 0 radical (unpaired) electrons. The molecule has 4 rings (SSSR count). The first-order valence-corrected chi connectivity index (χ1v) is 10.0. The van der Waals surface area contributed by atoms with E-state index in [9.17, 15) is 19.2 Å². The molecule has 1 heterocycles. The number of fused-ring (bicyclic) bond motifs is 1. The van der Waals surface area contributed by atoms with Crippen molar-refractivity contribution in [3.8, 4) is 0 Å². The largest absolute Gasteiger partial charge is 0.292 e. The molecule has 6 nitrogen and oxygen atoms in total. The fourth-order valence-electron chi connectivity index (χ4n) is 3.88. The molecule has 0 saturated carbocycles. The molecule has 7 heteroatoms. The van der Waals surface area contributed by atoms with Gasteiger partial charge < -0.3 is 0 Å². The molecule has 1 fully saturated rings. The van der Waals surface area contributed by atoms with Gasteiger partial charge in [0.1, 0.15) is 6.54 Å². The molecule has 1 aliphatic carbocycles. The van der Waals surface area contributed by atoms with Crippen LogP contribution < -0.4 is 0 Å². The molecule has 0 unspecified atom stereocenters. The van der Waals surface area contributed by atoms with E-state index in [1.54, 1.807) is 48.5 Å². The van der Waals surface area contributed by atoms with Crippen LogP contribution in [0.4, 0.5) is 0 Å². The molecule has 2 aromatic carbocycles. The van der Waals surface area contributed by atoms with Gasteiger partial charge in [0.05, 0.1) is 22.4 Å². The SMILES string of the molecule is O=C(CN(C(=O)c1ccccc1Cl)N1C(=O)[C@H]2CC=CC[C@H]2C1=O)c1ccccc1. The van der Waals surface area contributed by atoms with Crippen LogP contribution >= 0.6 is 11.6 Å². The number of nitrogens with zero attached hydrogens (tertiary/aromatic N) is 2. The summed E-state index contributed by atoms with van der Waals surface area (Å²) >= 11 is 6.19. The van der Waals surface area contributed by atoms with Gasteiger partial charge in [-0.05, 0) is 25.0 Å². The van der Waals surface area contributed by atoms with E-state index >= 15 is 0 Å². The van der Waals surface area contributed by atoms with Crippen molar-refractivity contribution in [2.45, 2.75) is 12.8 Å². The smallest absolute Gasteiger partial charge is 0.274 e. The van der Waals surface area contributed by atoms with Crippen molar-refractivity contribution in [1.82, 2.24) is 10.0 Å². The first-order valence-electron chi connectivity index (χ1n) is 9.66. The van der Waals surface area contributed by atoms with E-state index < -0.39 is 36.1 Å². The maximum absolute atomic E-state index is 13.3. The number of hydrogen-bond acceptors (Lipinski definition) is 4. The molecule has 1 aliphatic heterocycles. The number of Topliss-reactive ketones (excluding diaryl/α,β-unsaturated/α-hetero) is 1. The van der Waals surface area contributed by atoms with Gasteiger partial charge in [-0.1, -0.05) is 66.2 Å². The molecule has 3 amide bonds. The van der Waals surface area contributed by atoms with E-state index in [1.807, 2.05) is 12.2 Å². The van der Waals surface area contributed by atoms with Crippen molar-refractivity contribution in [3.05, 3.63) is 82.9 Å². The Bertz CT molecular complexity index is 1020. The molecule has 152 valence electrons. The van der Waals surface area contributed by atoms with Gasteiger partial charge in [-0.15, -0.1) is 0 Å². The van der Waals surface area contributed by atoms with Crippen molar-refractivity contribution < 1.29 is 19.2 Å². The molecular weight excluding hydrogens is 404 g/mol. The molecule has 0 aromatic heterocycles. The fraction of sp³-hybridized carbons (Fsp3) is 0.217. The van der Waals surface area contributed by atoms with Gasteiger partial charge in [0.2, 0.25) is 0 Å². The van der Waals surface area contributed by atoms with Crippen LogP contribution in [-0.4, -0.2) is 40.1 Å². The second-order valence-electron chi connectivity index (χ2n) is 7.28. The number of hydrogen-bond donors (Lipinski definition) is 0. The van der Waals surface area contributed by atoms with Crippen LogP contribution in [0.25, 0.3) is 0 Å². The monoisotopic (exact) mass is 422 g/mol. The Kier molecular flexibility index (Phi) is 5.50. The van der Waals surface area contributed by atoms with Gasteiger partial charge in [0.15, 0.2) is 5.78 Å².